The van der Waals surface area contributed by atoms with Gasteiger partial charge in [0.25, 0.3) is 0 Å². The number of hydrogen-bond acceptors (Lipinski definition) is 1. The Morgan fingerprint density at radius 1 is 1.00 bits per heavy atom. The van der Waals surface area contributed by atoms with Gasteiger partial charge in [0, 0.05) is 0 Å². The minimum absolute atomic E-state index is 0.174. The molecule has 0 radical (unpaired) electrons. The first kappa shape index (κ1) is 16.5. The van der Waals surface area contributed by atoms with Crippen molar-refractivity contribution in [3.63, 3.8) is 0 Å². The lowest BCUT2D eigenvalue weighted by molar-refractivity contribution is 0.0537. The molecule has 1 aliphatic carbocycles. The van der Waals surface area contributed by atoms with Crippen LogP contribution in [-0.2, 0) is 6.42 Å². The number of aryl methyl sites for hydroxylation is 2. The molecule has 21 heavy (non-hydrogen) atoms. The Morgan fingerprint density at radius 3 is 2.00 bits per heavy atom. The summed E-state index contributed by atoms with van der Waals surface area (Å²) >= 11 is 0. The quantitative estimate of drug-likeness (QED) is 0.824. The number of benzene rings is 1. The van der Waals surface area contributed by atoms with E-state index in [1.54, 1.807) is 0 Å². The lowest BCUT2D eigenvalue weighted by Gasteiger charge is -2.38. The zero-order valence-corrected chi connectivity index (χ0v) is 14.4. The average Bonchev–Trinajstić information content (AvgIpc) is 2.36. The average molecular weight is 288 g/mol. The highest BCUT2D eigenvalue weighted by molar-refractivity contribution is 5.29. The Kier molecular flexibility index (Phi) is 5.14. The van der Waals surface area contributed by atoms with Gasteiger partial charge in [-0.1, -0.05) is 50.1 Å². The van der Waals surface area contributed by atoms with Gasteiger partial charge in [0.2, 0.25) is 0 Å². The van der Waals surface area contributed by atoms with Gasteiger partial charge >= 0.3 is 0 Å². The molecule has 1 aliphatic rings. The second-order valence-electron chi connectivity index (χ2n) is 8.25. The molecule has 1 atom stereocenters. The van der Waals surface area contributed by atoms with Crippen molar-refractivity contribution in [3.05, 3.63) is 34.9 Å². The molecule has 0 spiro atoms. The molecule has 0 bridgehead atoms. The van der Waals surface area contributed by atoms with Crippen LogP contribution in [0.4, 0.5) is 0 Å². The van der Waals surface area contributed by atoms with Crippen LogP contribution >= 0.6 is 0 Å². The van der Waals surface area contributed by atoms with E-state index in [0.29, 0.717) is 11.3 Å². The normalized spacial score (nSPS) is 24.9. The van der Waals surface area contributed by atoms with Gasteiger partial charge in [0.05, 0.1) is 6.10 Å². The van der Waals surface area contributed by atoms with Gasteiger partial charge in [-0.05, 0) is 68.8 Å². The maximum atomic E-state index is 10.6. The van der Waals surface area contributed by atoms with Crippen LogP contribution < -0.4 is 0 Å². The van der Waals surface area contributed by atoms with Crippen LogP contribution in [0.25, 0.3) is 0 Å². The van der Waals surface area contributed by atoms with Crippen LogP contribution in [0.3, 0.4) is 0 Å². The summed E-state index contributed by atoms with van der Waals surface area (Å²) in [5, 5.41) is 10.6. The van der Waals surface area contributed by atoms with Crippen LogP contribution in [-0.4, -0.2) is 11.2 Å². The van der Waals surface area contributed by atoms with E-state index in [1.165, 1.54) is 42.4 Å². The predicted molar refractivity (Wildman–Crippen MR) is 90.5 cm³/mol. The molecular formula is C20H32O. The first-order valence-electron chi connectivity index (χ1n) is 8.51. The van der Waals surface area contributed by atoms with E-state index in [2.05, 4.69) is 52.8 Å². The zero-order chi connectivity index (χ0) is 15.6. The molecule has 0 saturated heterocycles. The van der Waals surface area contributed by atoms with Crippen molar-refractivity contribution in [2.45, 2.75) is 72.8 Å². The Bertz CT molecular complexity index is 441. The van der Waals surface area contributed by atoms with E-state index in [9.17, 15) is 5.11 Å². The fourth-order valence-electron chi connectivity index (χ4n) is 3.96. The van der Waals surface area contributed by atoms with Crippen molar-refractivity contribution < 1.29 is 5.11 Å². The van der Waals surface area contributed by atoms with Crippen molar-refractivity contribution in [2.75, 3.05) is 0 Å². The molecule has 118 valence electrons. The minimum Gasteiger partial charge on any atom is -0.392 e. The zero-order valence-electron chi connectivity index (χ0n) is 14.4. The highest BCUT2D eigenvalue weighted by Gasteiger charge is 2.32. The van der Waals surface area contributed by atoms with Gasteiger partial charge in [0.15, 0.2) is 0 Å². The van der Waals surface area contributed by atoms with Crippen LogP contribution in [0.15, 0.2) is 18.2 Å². The standard InChI is InChI=1S/C20H32O/c1-14-10-15(2)12-16(11-14)13-19(21)17-6-8-18(9-7-17)20(3,4)5/h10-12,17-19,21H,6-9,13H2,1-5H3. The van der Waals surface area contributed by atoms with Gasteiger partial charge in [-0.25, -0.2) is 0 Å². The van der Waals surface area contributed by atoms with Gasteiger partial charge < -0.3 is 5.11 Å². The highest BCUT2D eigenvalue weighted by atomic mass is 16.3. The van der Waals surface area contributed by atoms with Gasteiger partial charge in [-0.3, -0.25) is 0 Å². The molecule has 1 saturated carbocycles. The molecule has 0 aliphatic heterocycles. The maximum Gasteiger partial charge on any atom is 0.0608 e. The van der Waals surface area contributed by atoms with Crippen LogP contribution in [0.1, 0.15) is 63.1 Å². The Morgan fingerprint density at radius 2 is 1.52 bits per heavy atom. The first-order chi connectivity index (χ1) is 9.75. The molecule has 1 nitrogen and oxygen atoms in total. The third kappa shape index (κ3) is 4.57. The second kappa shape index (κ2) is 6.52. The van der Waals surface area contributed by atoms with Crippen LogP contribution in [0, 0.1) is 31.1 Å². The molecule has 0 aromatic heterocycles. The van der Waals surface area contributed by atoms with Crippen LogP contribution in [0.5, 0.6) is 0 Å². The largest absolute Gasteiger partial charge is 0.392 e. The highest BCUT2D eigenvalue weighted by Crippen LogP contribution is 2.41. The summed E-state index contributed by atoms with van der Waals surface area (Å²) in [7, 11) is 0. The van der Waals surface area contributed by atoms with Crippen molar-refractivity contribution in [1.29, 1.82) is 0 Å². The molecule has 0 amide bonds. The van der Waals surface area contributed by atoms with Gasteiger partial charge in [0.1, 0.15) is 0 Å². The van der Waals surface area contributed by atoms with E-state index < -0.39 is 0 Å². The SMILES string of the molecule is Cc1cc(C)cc(CC(O)C2CCC(C(C)(C)C)CC2)c1. The molecule has 1 unspecified atom stereocenters. The summed E-state index contributed by atoms with van der Waals surface area (Å²) in [5.74, 6) is 1.31. The Labute approximate surface area is 130 Å². The second-order valence-corrected chi connectivity index (χ2v) is 8.25. The lowest BCUT2D eigenvalue weighted by Crippen LogP contribution is -2.31. The summed E-state index contributed by atoms with van der Waals surface area (Å²) in [6.07, 6.45) is 5.57. The smallest absolute Gasteiger partial charge is 0.0608 e. The molecule has 1 aromatic rings. The fourth-order valence-corrected chi connectivity index (χ4v) is 3.96. The van der Waals surface area contributed by atoms with E-state index in [1.807, 2.05) is 0 Å². The van der Waals surface area contributed by atoms with Gasteiger partial charge in [-0.2, -0.15) is 0 Å². The number of rotatable bonds is 3. The molecule has 1 heteroatoms. The summed E-state index contributed by atoms with van der Waals surface area (Å²) in [6.45, 7) is 11.3. The lowest BCUT2D eigenvalue weighted by atomic mass is 9.68. The van der Waals surface area contributed by atoms with Crippen molar-refractivity contribution in [3.8, 4) is 0 Å². The third-order valence-corrected chi connectivity index (χ3v) is 5.27. The molecule has 1 N–H and O–H groups in total. The summed E-state index contributed by atoms with van der Waals surface area (Å²) < 4.78 is 0. The molecule has 0 heterocycles. The third-order valence-electron chi connectivity index (χ3n) is 5.27. The number of aliphatic hydroxyl groups excluding tert-OH is 1. The predicted octanol–water partition coefficient (Wildman–Crippen LogP) is 5.06. The first-order valence-corrected chi connectivity index (χ1v) is 8.51. The van der Waals surface area contributed by atoms with Crippen LogP contribution in [0.2, 0.25) is 0 Å². The molecular weight excluding hydrogens is 256 g/mol. The molecule has 1 fully saturated rings. The van der Waals surface area contributed by atoms with E-state index in [4.69, 9.17) is 0 Å². The fraction of sp³-hybridized carbons (Fsp3) is 0.700. The van der Waals surface area contributed by atoms with Gasteiger partial charge in [-0.15, -0.1) is 0 Å². The van der Waals surface area contributed by atoms with E-state index >= 15 is 0 Å². The van der Waals surface area contributed by atoms with Crippen molar-refractivity contribution >= 4 is 0 Å². The molecule has 2 rings (SSSR count). The van der Waals surface area contributed by atoms with E-state index in [0.717, 1.165) is 12.3 Å². The monoisotopic (exact) mass is 288 g/mol. The summed E-state index contributed by atoms with van der Waals surface area (Å²) in [5.41, 5.74) is 4.31. The Hall–Kier alpha value is -0.820. The summed E-state index contributed by atoms with van der Waals surface area (Å²) in [6, 6.07) is 6.64. The van der Waals surface area contributed by atoms with Crippen molar-refractivity contribution in [1.82, 2.24) is 0 Å². The number of hydrogen-bond donors (Lipinski definition) is 1. The number of aliphatic hydroxyl groups is 1. The Balaban J connectivity index is 1.91. The molecule has 1 aromatic carbocycles. The minimum atomic E-state index is -0.174. The topological polar surface area (TPSA) is 20.2 Å². The summed E-state index contributed by atoms with van der Waals surface area (Å²) in [4.78, 5) is 0. The van der Waals surface area contributed by atoms with E-state index in [-0.39, 0.29) is 6.10 Å². The maximum absolute atomic E-state index is 10.6. The van der Waals surface area contributed by atoms with Crippen molar-refractivity contribution in [2.24, 2.45) is 17.3 Å².